The van der Waals surface area contributed by atoms with Gasteiger partial charge < -0.3 is 15.5 Å². The van der Waals surface area contributed by atoms with Crippen molar-refractivity contribution in [2.24, 2.45) is 0 Å². The van der Waals surface area contributed by atoms with Crippen LogP contribution in [0.2, 0.25) is 0 Å². The minimum atomic E-state index is -0.178. The summed E-state index contributed by atoms with van der Waals surface area (Å²) in [4.78, 5) is 13.2. The molecule has 0 bridgehead atoms. The number of carbonyl (C=O) groups is 1. The average Bonchev–Trinajstić information content (AvgIpc) is 2.75. The maximum Gasteiger partial charge on any atom is 0.317 e. The lowest BCUT2D eigenvalue weighted by Crippen LogP contribution is -2.41. The highest BCUT2D eigenvalue weighted by Gasteiger charge is 2.18. The number of fused-ring (bicyclic) bond motifs is 1. The Labute approximate surface area is 161 Å². The third kappa shape index (κ3) is 7.79. The van der Waals surface area contributed by atoms with Gasteiger partial charge in [-0.1, -0.05) is 48.9 Å². The lowest BCUT2D eigenvalue weighted by atomic mass is 10.0. The van der Waals surface area contributed by atoms with E-state index in [4.69, 9.17) is 0 Å². The van der Waals surface area contributed by atoms with Gasteiger partial charge in [0.1, 0.15) is 5.82 Å². The van der Waals surface area contributed by atoms with E-state index in [0.29, 0.717) is 0 Å². The molecule has 2 aliphatic heterocycles. The summed E-state index contributed by atoms with van der Waals surface area (Å²) in [6, 6.07) is 16.2. The predicted octanol–water partition coefficient (Wildman–Crippen LogP) is 3.97. The molecule has 0 aromatic heterocycles. The average molecular weight is 372 g/mol. The number of urea groups is 1. The zero-order valence-corrected chi connectivity index (χ0v) is 16.1. The maximum absolute atomic E-state index is 11.9. The molecule has 0 saturated carbocycles. The molecule has 2 amide bonds. The van der Waals surface area contributed by atoms with E-state index >= 15 is 0 Å². The number of rotatable bonds is 0. The molecule has 0 spiro atoms. The van der Waals surface area contributed by atoms with Crippen LogP contribution in [-0.2, 0) is 13.0 Å². The van der Waals surface area contributed by atoms with Crippen molar-refractivity contribution in [2.45, 2.75) is 32.2 Å². The van der Waals surface area contributed by atoms with Gasteiger partial charge in [-0.3, -0.25) is 0 Å². The number of halogens is 1. The fraction of sp³-hybridized carbons (Fsp3) is 0.409. The molecule has 2 aromatic rings. The van der Waals surface area contributed by atoms with Crippen LogP contribution in [0.1, 0.15) is 30.4 Å². The first kappa shape index (κ1) is 20.9. The van der Waals surface area contributed by atoms with Gasteiger partial charge in [0.15, 0.2) is 0 Å². The molecule has 4 nitrogen and oxygen atoms in total. The summed E-state index contributed by atoms with van der Waals surface area (Å²) in [6.07, 6.45) is 5.18. The highest BCUT2D eigenvalue weighted by atomic mass is 19.1. The van der Waals surface area contributed by atoms with Gasteiger partial charge in [-0.15, -0.1) is 0 Å². The van der Waals surface area contributed by atoms with Gasteiger partial charge in [-0.25, -0.2) is 9.18 Å². The van der Waals surface area contributed by atoms with Crippen LogP contribution in [0.5, 0.6) is 0 Å². The van der Waals surface area contributed by atoms with E-state index < -0.39 is 0 Å². The Kier molecular flexibility index (Phi) is 9.35. The van der Waals surface area contributed by atoms with Crippen molar-refractivity contribution < 1.29 is 9.18 Å². The van der Waals surface area contributed by atoms with E-state index in [2.05, 4.69) is 22.8 Å². The largest absolute Gasteiger partial charge is 0.341 e. The summed E-state index contributed by atoms with van der Waals surface area (Å²) in [7, 11) is 1.67. The minimum Gasteiger partial charge on any atom is -0.341 e. The fourth-order valence-corrected chi connectivity index (χ4v) is 3.04. The van der Waals surface area contributed by atoms with Gasteiger partial charge in [0.05, 0.1) is 0 Å². The smallest absolute Gasteiger partial charge is 0.317 e. The van der Waals surface area contributed by atoms with Gasteiger partial charge in [0.25, 0.3) is 0 Å². The van der Waals surface area contributed by atoms with Crippen molar-refractivity contribution >= 4 is 6.03 Å². The highest BCUT2D eigenvalue weighted by molar-refractivity contribution is 5.74. The van der Waals surface area contributed by atoms with Crippen LogP contribution in [0, 0.1) is 5.82 Å². The minimum absolute atomic E-state index is 0.0134. The number of nitrogens with zero attached hydrogens (tertiary/aromatic N) is 1. The second kappa shape index (κ2) is 12.1. The molecular weight excluding hydrogens is 341 g/mol. The lowest BCUT2D eigenvalue weighted by Gasteiger charge is -2.28. The van der Waals surface area contributed by atoms with E-state index in [0.717, 1.165) is 19.5 Å². The van der Waals surface area contributed by atoms with E-state index in [1.165, 1.54) is 55.6 Å². The number of piperidine rings is 1. The van der Waals surface area contributed by atoms with E-state index in [1.807, 2.05) is 17.0 Å². The second-order valence-electron chi connectivity index (χ2n) is 6.60. The van der Waals surface area contributed by atoms with Crippen LogP contribution in [0.4, 0.5) is 9.18 Å². The third-order valence-corrected chi connectivity index (χ3v) is 4.57. The number of benzene rings is 2. The summed E-state index contributed by atoms with van der Waals surface area (Å²) in [5, 5.41) is 5.94. The first-order chi connectivity index (χ1) is 13.2. The summed E-state index contributed by atoms with van der Waals surface area (Å²) >= 11 is 0. The lowest BCUT2D eigenvalue weighted by molar-refractivity contribution is 0.194. The Balaban J connectivity index is 0.000000167. The van der Waals surface area contributed by atoms with E-state index in [-0.39, 0.29) is 11.8 Å². The molecule has 1 saturated heterocycles. The van der Waals surface area contributed by atoms with Crippen LogP contribution in [0.3, 0.4) is 0 Å². The van der Waals surface area contributed by atoms with Crippen LogP contribution >= 0.6 is 0 Å². The van der Waals surface area contributed by atoms with Crippen molar-refractivity contribution in [3.63, 3.8) is 0 Å². The van der Waals surface area contributed by atoms with Gasteiger partial charge >= 0.3 is 6.03 Å². The van der Waals surface area contributed by atoms with Crippen molar-refractivity contribution in [3.8, 4) is 0 Å². The molecule has 0 atom stereocenters. The van der Waals surface area contributed by atoms with Crippen molar-refractivity contribution in [3.05, 3.63) is 71.5 Å². The SMILES string of the molecule is C1CCNCC1.CNC(=O)N1CCc2ccccc2C1.Fc1ccccc1. The van der Waals surface area contributed by atoms with Crippen LogP contribution in [0.25, 0.3) is 0 Å². The monoisotopic (exact) mass is 371 g/mol. The zero-order valence-electron chi connectivity index (χ0n) is 16.1. The molecule has 0 aliphatic carbocycles. The third-order valence-electron chi connectivity index (χ3n) is 4.57. The normalized spacial score (nSPS) is 15.3. The number of carbonyl (C=O) groups excluding carboxylic acids is 1. The van der Waals surface area contributed by atoms with Crippen LogP contribution in [-0.4, -0.2) is 37.6 Å². The van der Waals surface area contributed by atoms with Crippen LogP contribution < -0.4 is 10.6 Å². The molecule has 2 aliphatic rings. The zero-order chi connectivity index (χ0) is 19.3. The highest BCUT2D eigenvalue weighted by Crippen LogP contribution is 2.18. The molecule has 1 fully saturated rings. The molecular formula is C22H30FN3O. The number of hydrogen-bond donors (Lipinski definition) is 2. The summed E-state index contributed by atoms with van der Waals surface area (Å²) in [6.45, 7) is 4.05. The Morgan fingerprint density at radius 1 is 0.963 bits per heavy atom. The quantitative estimate of drug-likeness (QED) is 0.736. The Morgan fingerprint density at radius 2 is 1.59 bits per heavy atom. The van der Waals surface area contributed by atoms with Gasteiger partial charge in [0, 0.05) is 20.1 Å². The summed E-state index contributed by atoms with van der Waals surface area (Å²) in [5.74, 6) is -0.178. The molecule has 0 radical (unpaired) electrons. The Bertz CT molecular complexity index is 663. The van der Waals surface area contributed by atoms with Crippen molar-refractivity contribution in [1.29, 1.82) is 0 Å². The van der Waals surface area contributed by atoms with Crippen molar-refractivity contribution in [2.75, 3.05) is 26.7 Å². The standard InChI is InChI=1S/C11H14N2O.C6H5F.C5H11N/c1-12-11(14)13-7-6-9-4-2-3-5-10(9)8-13;7-6-4-2-1-3-5-6;1-2-4-6-5-3-1/h2-5H,6-8H2,1H3,(H,12,14);1-5H;6H,1-5H2. The van der Waals surface area contributed by atoms with E-state index in [9.17, 15) is 9.18 Å². The van der Waals surface area contributed by atoms with Gasteiger partial charge in [0.2, 0.25) is 0 Å². The molecule has 2 N–H and O–H groups in total. The number of nitrogens with one attached hydrogen (secondary N) is 2. The number of amides is 2. The van der Waals surface area contributed by atoms with E-state index in [1.54, 1.807) is 25.2 Å². The molecule has 146 valence electrons. The molecule has 0 unspecified atom stereocenters. The first-order valence-corrected chi connectivity index (χ1v) is 9.65. The molecule has 27 heavy (non-hydrogen) atoms. The Morgan fingerprint density at radius 3 is 2.07 bits per heavy atom. The molecule has 2 heterocycles. The molecule has 4 rings (SSSR count). The fourth-order valence-electron chi connectivity index (χ4n) is 3.04. The van der Waals surface area contributed by atoms with Crippen molar-refractivity contribution in [1.82, 2.24) is 15.5 Å². The second-order valence-corrected chi connectivity index (χ2v) is 6.60. The number of hydrogen-bond acceptors (Lipinski definition) is 2. The maximum atomic E-state index is 11.9. The first-order valence-electron chi connectivity index (χ1n) is 9.65. The predicted molar refractivity (Wildman–Crippen MR) is 108 cm³/mol. The summed E-state index contributed by atoms with van der Waals surface area (Å²) < 4.78 is 11.9. The van der Waals surface area contributed by atoms with Crippen LogP contribution in [0.15, 0.2) is 54.6 Å². The summed E-state index contributed by atoms with van der Waals surface area (Å²) in [5.41, 5.74) is 2.63. The van der Waals surface area contributed by atoms with Gasteiger partial charge in [-0.2, -0.15) is 0 Å². The topological polar surface area (TPSA) is 44.4 Å². The Hall–Kier alpha value is -2.40. The molecule has 2 aromatic carbocycles. The van der Waals surface area contributed by atoms with Gasteiger partial charge in [-0.05, 0) is 55.6 Å². The molecule has 5 heteroatoms.